The summed E-state index contributed by atoms with van der Waals surface area (Å²) in [6, 6.07) is 21.6. The molecular formula is C24H15ClN2O3. The van der Waals surface area contributed by atoms with Gasteiger partial charge in [-0.2, -0.15) is 0 Å². The van der Waals surface area contributed by atoms with E-state index in [-0.39, 0.29) is 12.5 Å². The van der Waals surface area contributed by atoms with Crippen LogP contribution in [0.4, 0.5) is 0 Å². The van der Waals surface area contributed by atoms with Crippen molar-refractivity contribution in [2.75, 3.05) is 6.54 Å². The summed E-state index contributed by atoms with van der Waals surface area (Å²) in [6.07, 6.45) is 1.73. The van der Waals surface area contributed by atoms with E-state index in [1.807, 2.05) is 36.4 Å². The van der Waals surface area contributed by atoms with E-state index in [9.17, 15) is 14.4 Å². The van der Waals surface area contributed by atoms with Gasteiger partial charge in [-0.25, -0.2) is 0 Å². The van der Waals surface area contributed by atoms with Gasteiger partial charge in [-0.3, -0.25) is 23.9 Å². The van der Waals surface area contributed by atoms with Crippen LogP contribution in [-0.4, -0.2) is 33.7 Å². The average Bonchev–Trinajstić information content (AvgIpc) is 3.26. The first kappa shape index (κ1) is 18.3. The molecule has 1 aliphatic heterocycles. The summed E-state index contributed by atoms with van der Waals surface area (Å²) in [5, 5.41) is 1.38. The smallest absolute Gasteiger partial charge is 0.262 e. The minimum Gasteiger partial charge on any atom is -0.285 e. The molecule has 3 aromatic carbocycles. The van der Waals surface area contributed by atoms with Crippen molar-refractivity contribution in [3.63, 3.8) is 0 Å². The number of rotatable bonds is 3. The van der Waals surface area contributed by atoms with E-state index < -0.39 is 11.8 Å². The van der Waals surface area contributed by atoms with Crippen molar-refractivity contribution in [3.05, 3.63) is 95.1 Å². The number of halogens is 1. The maximum atomic E-state index is 13.2. The van der Waals surface area contributed by atoms with Crippen molar-refractivity contribution in [3.8, 4) is 11.1 Å². The Kier molecular flexibility index (Phi) is 4.26. The van der Waals surface area contributed by atoms with Gasteiger partial charge >= 0.3 is 0 Å². The third-order valence-electron chi connectivity index (χ3n) is 5.29. The van der Waals surface area contributed by atoms with Crippen LogP contribution in [0.5, 0.6) is 0 Å². The molecule has 0 spiro atoms. The van der Waals surface area contributed by atoms with Crippen LogP contribution in [-0.2, 0) is 0 Å². The molecule has 4 aromatic rings. The third-order valence-corrected chi connectivity index (χ3v) is 5.53. The zero-order chi connectivity index (χ0) is 20.8. The van der Waals surface area contributed by atoms with Crippen molar-refractivity contribution in [1.29, 1.82) is 0 Å². The van der Waals surface area contributed by atoms with Crippen LogP contribution in [0.15, 0.2) is 79.0 Å². The lowest BCUT2D eigenvalue weighted by Gasteiger charge is -2.13. The quantitative estimate of drug-likeness (QED) is 0.448. The maximum Gasteiger partial charge on any atom is 0.262 e. The molecule has 146 valence electrons. The fourth-order valence-corrected chi connectivity index (χ4v) is 4.02. The molecule has 0 bridgehead atoms. The van der Waals surface area contributed by atoms with Crippen LogP contribution in [0, 0.1) is 0 Å². The van der Waals surface area contributed by atoms with E-state index >= 15 is 0 Å². The number of aromatic nitrogens is 1. The number of hydrogen-bond acceptors (Lipinski definition) is 3. The van der Waals surface area contributed by atoms with Crippen molar-refractivity contribution < 1.29 is 14.4 Å². The number of nitrogens with zero attached hydrogens (tertiary/aromatic N) is 2. The van der Waals surface area contributed by atoms with Gasteiger partial charge in [0.25, 0.3) is 17.7 Å². The zero-order valence-electron chi connectivity index (χ0n) is 15.7. The molecule has 0 radical (unpaired) electrons. The fourth-order valence-electron chi connectivity index (χ4n) is 3.85. The molecule has 0 unspecified atom stereocenters. The fraction of sp³-hybridized carbons (Fsp3) is 0.0417. The SMILES string of the molecule is O=C1c2ccccc2C(=O)N1CC(=O)n1cc(-c2ccccc2)c2cc(Cl)ccc21. The van der Waals surface area contributed by atoms with Crippen molar-refractivity contribution in [2.45, 2.75) is 0 Å². The van der Waals surface area contributed by atoms with Crippen LogP contribution in [0.25, 0.3) is 22.0 Å². The van der Waals surface area contributed by atoms with Crippen LogP contribution in [0.2, 0.25) is 5.02 Å². The summed E-state index contributed by atoms with van der Waals surface area (Å²) in [6.45, 7) is -0.340. The molecule has 30 heavy (non-hydrogen) atoms. The van der Waals surface area contributed by atoms with E-state index in [0.29, 0.717) is 21.7 Å². The second-order valence-corrected chi connectivity index (χ2v) is 7.51. The lowest BCUT2D eigenvalue weighted by molar-refractivity contribution is 0.0606. The first-order valence-corrected chi connectivity index (χ1v) is 9.77. The Labute approximate surface area is 177 Å². The summed E-state index contributed by atoms with van der Waals surface area (Å²) in [5.41, 5.74) is 3.11. The van der Waals surface area contributed by atoms with Gasteiger partial charge < -0.3 is 0 Å². The molecule has 1 aliphatic rings. The van der Waals surface area contributed by atoms with Gasteiger partial charge in [0, 0.05) is 22.2 Å². The number of hydrogen-bond donors (Lipinski definition) is 0. The van der Waals surface area contributed by atoms with E-state index in [1.165, 1.54) is 4.57 Å². The molecule has 1 aromatic heterocycles. The molecular weight excluding hydrogens is 400 g/mol. The highest BCUT2D eigenvalue weighted by Gasteiger charge is 2.36. The van der Waals surface area contributed by atoms with Crippen molar-refractivity contribution in [2.24, 2.45) is 0 Å². The maximum absolute atomic E-state index is 13.2. The molecule has 5 nitrogen and oxygen atoms in total. The van der Waals surface area contributed by atoms with Crippen LogP contribution in [0.3, 0.4) is 0 Å². The highest BCUT2D eigenvalue weighted by molar-refractivity contribution is 6.31. The normalized spacial score (nSPS) is 13.2. The summed E-state index contributed by atoms with van der Waals surface area (Å²) in [7, 11) is 0. The van der Waals surface area contributed by atoms with Crippen molar-refractivity contribution >= 4 is 40.2 Å². The van der Waals surface area contributed by atoms with Gasteiger partial charge in [0.2, 0.25) is 0 Å². The molecule has 0 aliphatic carbocycles. The van der Waals surface area contributed by atoms with Gasteiger partial charge in [-0.1, -0.05) is 54.1 Å². The van der Waals surface area contributed by atoms with E-state index in [1.54, 1.807) is 42.6 Å². The van der Waals surface area contributed by atoms with Gasteiger partial charge in [-0.15, -0.1) is 0 Å². The zero-order valence-corrected chi connectivity index (χ0v) is 16.5. The van der Waals surface area contributed by atoms with Crippen LogP contribution >= 0.6 is 11.6 Å². The second-order valence-electron chi connectivity index (χ2n) is 7.08. The minimum atomic E-state index is -0.452. The van der Waals surface area contributed by atoms with Crippen LogP contribution in [0.1, 0.15) is 25.5 Å². The first-order chi connectivity index (χ1) is 14.5. The average molecular weight is 415 g/mol. The third kappa shape index (κ3) is 2.83. The molecule has 2 heterocycles. The Morgan fingerprint density at radius 3 is 2.10 bits per heavy atom. The first-order valence-electron chi connectivity index (χ1n) is 9.39. The summed E-state index contributed by atoms with van der Waals surface area (Å²) in [5.74, 6) is -1.28. The topological polar surface area (TPSA) is 59.4 Å². The Morgan fingerprint density at radius 1 is 0.800 bits per heavy atom. The van der Waals surface area contributed by atoms with E-state index in [2.05, 4.69) is 0 Å². The Balaban J connectivity index is 1.55. The number of carbonyl (C=O) groups excluding carboxylic acids is 3. The molecule has 0 saturated heterocycles. The van der Waals surface area contributed by atoms with Gasteiger partial charge in [-0.05, 0) is 35.9 Å². The summed E-state index contributed by atoms with van der Waals surface area (Å²) in [4.78, 5) is 39.4. The molecule has 0 saturated carbocycles. The number of carbonyl (C=O) groups is 3. The predicted octanol–water partition coefficient (Wildman–Crippen LogP) is 4.90. The number of fused-ring (bicyclic) bond motifs is 2. The van der Waals surface area contributed by atoms with E-state index in [4.69, 9.17) is 11.6 Å². The Hall–Kier alpha value is -3.70. The van der Waals surface area contributed by atoms with Gasteiger partial charge in [0.05, 0.1) is 16.6 Å². The number of imide groups is 1. The lowest BCUT2D eigenvalue weighted by Crippen LogP contribution is -2.36. The Morgan fingerprint density at radius 2 is 1.43 bits per heavy atom. The van der Waals surface area contributed by atoms with Gasteiger partial charge in [0.15, 0.2) is 0 Å². The molecule has 0 atom stereocenters. The monoisotopic (exact) mass is 414 g/mol. The molecule has 2 amide bonds. The molecule has 5 rings (SSSR count). The van der Waals surface area contributed by atoms with E-state index in [0.717, 1.165) is 21.4 Å². The van der Waals surface area contributed by atoms with Crippen molar-refractivity contribution in [1.82, 2.24) is 9.47 Å². The molecule has 0 fully saturated rings. The predicted molar refractivity (Wildman–Crippen MR) is 115 cm³/mol. The largest absolute Gasteiger partial charge is 0.285 e. The lowest BCUT2D eigenvalue weighted by atomic mass is 10.1. The standard InChI is InChI=1S/C24H15ClN2O3/c25-16-10-11-21-19(12-16)20(15-6-2-1-3-7-15)13-26(21)22(28)14-27-23(29)17-8-4-5-9-18(17)24(27)30/h1-13H,14H2. The van der Waals surface area contributed by atoms with Crippen LogP contribution < -0.4 is 0 Å². The van der Waals surface area contributed by atoms with Gasteiger partial charge in [0.1, 0.15) is 6.54 Å². The summed E-state index contributed by atoms with van der Waals surface area (Å²) >= 11 is 6.20. The minimum absolute atomic E-state index is 0.324. The summed E-state index contributed by atoms with van der Waals surface area (Å²) < 4.78 is 1.48. The molecule has 6 heteroatoms. The highest BCUT2D eigenvalue weighted by atomic mass is 35.5. The Bertz CT molecular complexity index is 1310. The number of amides is 2. The number of benzene rings is 3. The molecule has 0 N–H and O–H groups in total. The highest BCUT2D eigenvalue weighted by Crippen LogP contribution is 2.33. The second kappa shape index (κ2) is 6.97.